The van der Waals surface area contributed by atoms with Crippen LogP contribution in [0.5, 0.6) is 0 Å². The Bertz CT molecular complexity index is 549. The van der Waals surface area contributed by atoms with E-state index >= 15 is 0 Å². The normalized spacial score (nSPS) is 18.3. The summed E-state index contributed by atoms with van der Waals surface area (Å²) in [6, 6.07) is 8.64. The summed E-state index contributed by atoms with van der Waals surface area (Å²) in [5.41, 5.74) is 2.27. The molecule has 3 N–H and O–H groups in total. The Hall–Kier alpha value is -1.59. The quantitative estimate of drug-likeness (QED) is 0.717. The average Bonchev–Trinajstić information content (AvgIpc) is 2.59. The lowest BCUT2D eigenvalue weighted by molar-refractivity contribution is 0.158. The lowest BCUT2D eigenvalue weighted by atomic mass is 9.97. The van der Waals surface area contributed by atoms with Crippen molar-refractivity contribution in [1.82, 2.24) is 15.5 Å². The number of amides is 2. The Balaban J connectivity index is 1.81. The van der Waals surface area contributed by atoms with Crippen molar-refractivity contribution in [3.63, 3.8) is 0 Å². The summed E-state index contributed by atoms with van der Waals surface area (Å²) in [7, 11) is 0. The molecular weight excluding hydrogens is 302 g/mol. The topological polar surface area (TPSA) is 64.6 Å². The number of nitrogens with zero attached hydrogens (tertiary/aromatic N) is 1. The van der Waals surface area contributed by atoms with Gasteiger partial charge in [-0.15, -0.1) is 0 Å². The van der Waals surface area contributed by atoms with Gasteiger partial charge in [-0.1, -0.05) is 37.6 Å². The van der Waals surface area contributed by atoms with Crippen LogP contribution >= 0.6 is 0 Å². The molecule has 0 aromatic heterocycles. The molecule has 0 aliphatic carbocycles. The molecule has 1 heterocycles. The average molecular weight is 333 g/mol. The summed E-state index contributed by atoms with van der Waals surface area (Å²) in [4.78, 5) is 14.5. The Morgan fingerprint density at radius 1 is 1.38 bits per heavy atom. The molecule has 1 aromatic carbocycles. The fourth-order valence-electron chi connectivity index (χ4n) is 3.31. The number of nitrogens with one attached hydrogen (secondary N) is 2. The molecule has 24 heavy (non-hydrogen) atoms. The number of carbonyl (C=O) groups is 1. The number of hydrogen-bond acceptors (Lipinski definition) is 3. The van der Waals surface area contributed by atoms with E-state index in [9.17, 15) is 9.90 Å². The number of aliphatic hydroxyl groups is 1. The smallest absolute Gasteiger partial charge is 0.315 e. The van der Waals surface area contributed by atoms with Crippen molar-refractivity contribution in [2.45, 2.75) is 58.2 Å². The Kier molecular flexibility index (Phi) is 6.63. The first-order valence-corrected chi connectivity index (χ1v) is 8.95. The van der Waals surface area contributed by atoms with Crippen LogP contribution < -0.4 is 10.6 Å². The molecule has 1 aromatic rings. The van der Waals surface area contributed by atoms with Gasteiger partial charge in [0.2, 0.25) is 0 Å². The van der Waals surface area contributed by atoms with Gasteiger partial charge in [0.05, 0.1) is 12.1 Å². The third-order valence-corrected chi connectivity index (χ3v) is 4.91. The number of aliphatic hydroxyl groups excluding tert-OH is 1. The van der Waals surface area contributed by atoms with E-state index in [4.69, 9.17) is 0 Å². The number of urea groups is 1. The summed E-state index contributed by atoms with van der Waals surface area (Å²) in [5.74, 6) is 0. The van der Waals surface area contributed by atoms with Crippen LogP contribution in [0.15, 0.2) is 24.3 Å². The Morgan fingerprint density at radius 2 is 2.08 bits per heavy atom. The molecule has 0 saturated carbocycles. The standard InChI is InChI=1S/C19H31N3O2/c1-4-10-19(3,14-23)21-18(24)20-12-15(2)22-11-9-16-7-5-6-8-17(16)13-22/h5-8,15,23H,4,9-14H2,1-3H3,(H2,20,21,24). The lowest BCUT2D eigenvalue weighted by Gasteiger charge is -2.34. The summed E-state index contributed by atoms with van der Waals surface area (Å²) in [6.07, 6.45) is 2.74. The number of rotatable bonds is 7. The van der Waals surface area contributed by atoms with Crippen molar-refractivity contribution in [2.75, 3.05) is 19.7 Å². The molecule has 0 bridgehead atoms. The van der Waals surface area contributed by atoms with Crippen LogP contribution in [0, 0.1) is 0 Å². The minimum atomic E-state index is -0.549. The molecule has 134 valence electrons. The highest BCUT2D eigenvalue weighted by atomic mass is 16.3. The molecule has 2 rings (SSSR count). The maximum Gasteiger partial charge on any atom is 0.315 e. The van der Waals surface area contributed by atoms with Crippen LogP contribution in [0.2, 0.25) is 0 Å². The van der Waals surface area contributed by atoms with Crippen LogP contribution in [0.1, 0.15) is 44.7 Å². The zero-order valence-corrected chi connectivity index (χ0v) is 15.1. The minimum absolute atomic E-state index is 0.0489. The molecular formula is C19H31N3O2. The first-order valence-electron chi connectivity index (χ1n) is 8.95. The molecule has 5 heteroatoms. The van der Waals surface area contributed by atoms with Crippen LogP contribution in [-0.2, 0) is 13.0 Å². The highest BCUT2D eigenvalue weighted by molar-refractivity contribution is 5.74. The molecule has 2 unspecified atom stereocenters. The van der Waals surface area contributed by atoms with Crippen LogP contribution in [0.25, 0.3) is 0 Å². The van der Waals surface area contributed by atoms with E-state index in [1.165, 1.54) is 11.1 Å². The lowest BCUT2D eigenvalue weighted by Crippen LogP contribution is -2.54. The predicted molar refractivity (Wildman–Crippen MR) is 97.0 cm³/mol. The third-order valence-electron chi connectivity index (χ3n) is 4.91. The Labute approximate surface area is 145 Å². The van der Waals surface area contributed by atoms with Gasteiger partial charge in [-0.3, -0.25) is 4.90 Å². The van der Waals surface area contributed by atoms with Gasteiger partial charge in [-0.2, -0.15) is 0 Å². The summed E-state index contributed by atoms with van der Waals surface area (Å²) in [5, 5.41) is 15.3. The maximum absolute atomic E-state index is 12.1. The van der Waals surface area contributed by atoms with Crippen molar-refractivity contribution in [1.29, 1.82) is 0 Å². The SMILES string of the molecule is CCCC(C)(CO)NC(=O)NCC(C)N1CCc2ccccc2C1. The van der Waals surface area contributed by atoms with Crippen molar-refractivity contribution in [2.24, 2.45) is 0 Å². The van der Waals surface area contributed by atoms with Gasteiger partial charge in [-0.25, -0.2) is 4.79 Å². The molecule has 2 amide bonds. The van der Waals surface area contributed by atoms with Gasteiger partial charge in [0, 0.05) is 25.7 Å². The molecule has 5 nitrogen and oxygen atoms in total. The van der Waals surface area contributed by atoms with E-state index in [0.717, 1.165) is 32.4 Å². The van der Waals surface area contributed by atoms with Crippen LogP contribution in [0.3, 0.4) is 0 Å². The summed E-state index contributed by atoms with van der Waals surface area (Å²) >= 11 is 0. The molecule has 0 spiro atoms. The second kappa shape index (κ2) is 8.49. The first kappa shape index (κ1) is 18.7. The fourth-order valence-corrected chi connectivity index (χ4v) is 3.31. The number of carbonyl (C=O) groups excluding carboxylic acids is 1. The number of benzene rings is 1. The largest absolute Gasteiger partial charge is 0.394 e. The van der Waals surface area contributed by atoms with Crippen LogP contribution in [0.4, 0.5) is 4.79 Å². The second-order valence-corrected chi connectivity index (χ2v) is 7.14. The highest BCUT2D eigenvalue weighted by Gasteiger charge is 2.25. The van der Waals surface area contributed by atoms with E-state index < -0.39 is 5.54 Å². The van der Waals surface area contributed by atoms with Gasteiger partial charge in [-0.05, 0) is 37.8 Å². The third kappa shape index (κ3) is 4.95. The molecule has 2 atom stereocenters. The van der Waals surface area contributed by atoms with E-state index in [2.05, 4.69) is 46.7 Å². The van der Waals surface area contributed by atoms with Crippen LogP contribution in [-0.4, -0.2) is 47.3 Å². The maximum atomic E-state index is 12.1. The number of hydrogen-bond donors (Lipinski definition) is 3. The second-order valence-electron chi connectivity index (χ2n) is 7.14. The number of fused-ring (bicyclic) bond motifs is 1. The summed E-state index contributed by atoms with van der Waals surface area (Å²) < 4.78 is 0. The molecule has 0 saturated heterocycles. The zero-order valence-electron chi connectivity index (χ0n) is 15.1. The van der Waals surface area contributed by atoms with Gasteiger partial charge in [0.1, 0.15) is 0 Å². The van der Waals surface area contributed by atoms with E-state index in [1.807, 2.05) is 13.8 Å². The van der Waals surface area contributed by atoms with Crippen molar-refractivity contribution in [3.05, 3.63) is 35.4 Å². The molecule has 0 radical (unpaired) electrons. The van der Waals surface area contributed by atoms with Gasteiger partial charge in [0.25, 0.3) is 0 Å². The zero-order chi connectivity index (χ0) is 17.6. The summed E-state index contributed by atoms with van der Waals surface area (Å²) in [6.45, 7) is 8.57. The van der Waals surface area contributed by atoms with Gasteiger partial charge >= 0.3 is 6.03 Å². The molecule has 1 aliphatic rings. The fraction of sp³-hybridized carbons (Fsp3) is 0.632. The van der Waals surface area contributed by atoms with E-state index in [1.54, 1.807) is 0 Å². The minimum Gasteiger partial charge on any atom is -0.394 e. The Morgan fingerprint density at radius 3 is 2.75 bits per heavy atom. The van der Waals surface area contributed by atoms with Gasteiger partial charge in [0.15, 0.2) is 0 Å². The van der Waals surface area contributed by atoms with Crippen molar-refractivity contribution >= 4 is 6.03 Å². The molecule has 0 fully saturated rings. The first-order chi connectivity index (χ1) is 11.5. The van der Waals surface area contributed by atoms with Crippen molar-refractivity contribution in [3.8, 4) is 0 Å². The predicted octanol–water partition coefficient (Wildman–Crippen LogP) is 2.28. The van der Waals surface area contributed by atoms with Gasteiger partial charge < -0.3 is 15.7 Å². The highest BCUT2D eigenvalue weighted by Crippen LogP contribution is 2.20. The monoisotopic (exact) mass is 333 g/mol. The van der Waals surface area contributed by atoms with Crippen molar-refractivity contribution < 1.29 is 9.90 Å². The molecule has 1 aliphatic heterocycles. The van der Waals surface area contributed by atoms with E-state index in [-0.39, 0.29) is 18.7 Å². The van der Waals surface area contributed by atoms with E-state index in [0.29, 0.717) is 6.54 Å².